The van der Waals surface area contributed by atoms with Gasteiger partial charge >= 0.3 is 12.0 Å². The summed E-state index contributed by atoms with van der Waals surface area (Å²) in [6, 6.07) is -0.261. The van der Waals surface area contributed by atoms with Crippen molar-refractivity contribution in [3.05, 3.63) is 0 Å². The molecule has 2 amide bonds. The van der Waals surface area contributed by atoms with Gasteiger partial charge in [0.15, 0.2) is 0 Å². The highest BCUT2D eigenvalue weighted by Gasteiger charge is 2.30. The topological polar surface area (TPSA) is 78.9 Å². The van der Waals surface area contributed by atoms with Crippen molar-refractivity contribution in [3.8, 4) is 0 Å². The Hall–Kier alpha value is -1.30. The lowest BCUT2D eigenvalue weighted by Gasteiger charge is -2.25. The predicted octanol–water partition coefficient (Wildman–Crippen LogP) is 0.672. The zero-order valence-corrected chi connectivity index (χ0v) is 10.4. The lowest BCUT2D eigenvalue weighted by atomic mass is 10.0. The Morgan fingerprint density at radius 1 is 1.53 bits per heavy atom. The molecule has 6 nitrogen and oxygen atoms in total. The number of carboxylic acid groups (broad SMARTS) is 1. The summed E-state index contributed by atoms with van der Waals surface area (Å²) in [6.07, 6.45) is 1.91. The highest BCUT2D eigenvalue weighted by atomic mass is 16.5. The molecule has 0 aromatic heterocycles. The first kappa shape index (κ1) is 13.8. The highest BCUT2D eigenvalue weighted by Crippen LogP contribution is 2.23. The molecular weight excluding hydrogens is 224 g/mol. The monoisotopic (exact) mass is 244 g/mol. The van der Waals surface area contributed by atoms with E-state index in [1.807, 2.05) is 6.92 Å². The van der Waals surface area contributed by atoms with Gasteiger partial charge in [-0.2, -0.15) is 0 Å². The van der Waals surface area contributed by atoms with Crippen molar-refractivity contribution in [1.82, 2.24) is 10.2 Å². The fourth-order valence-corrected chi connectivity index (χ4v) is 1.74. The third kappa shape index (κ3) is 4.60. The van der Waals surface area contributed by atoms with Crippen LogP contribution in [0.15, 0.2) is 0 Å². The molecule has 0 saturated carbocycles. The average molecular weight is 244 g/mol. The number of nitrogens with one attached hydrogen (secondary N) is 1. The Balaban J connectivity index is 2.26. The Morgan fingerprint density at radius 2 is 2.24 bits per heavy atom. The molecule has 1 fully saturated rings. The van der Waals surface area contributed by atoms with Crippen molar-refractivity contribution in [2.75, 3.05) is 26.7 Å². The molecule has 1 atom stereocenters. The van der Waals surface area contributed by atoms with Gasteiger partial charge in [0.2, 0.25) is 0 Å². The van der Waals surface area contributed by atoms with Gasteiger partial charge in [-0.3, -0.25) is 4.79 Å². The van der Waals surface area contributed by atoms with Crippen LogP contribution in [0.2, 0.25) is 0 Å². The van der Waals surface area contributed by atoms with Crippen LogP contribution in [-0.4, -0.2) is 54.4 Å². The molecule has 0 bridgehead atoms. The fraction of sp³-hybridized carbons (Fsp3) is 0.818. The number of carbonyl (C=O) groups excluding carboxylic acids is 1. The molecule has 98 valence electrons. The summed E-state index contributed by atoms with van der Waals surface area (Å²) in [5.41, 5.74) is -0.275. The second-order valence-electron chi connectivity index (χ2n) is 4.63. The SMILES string of the molecule is CN(CCC(=O)O)C(=O)NCC1(C)CCCO1. The number of rotatable bonds is 5. The first-order valence-corrected chi connectivity index (χ1v) is 5.78. The van der Waals surface area contributed by atoms with Crippen molar-refractivity contribution in [3.63, 3.8) is 0 Å². The fourth-order valence-electron chi connectivity index (χ4n) is 1.74. The van der Waals surface area contributed by atoms with Crippen LogP contribution in [0, 0.1) is 0 Å². The molecule has 1 aliphatic heterocycles. The smallest absolute Gasteiger partial charge is 0.317 e. The van der Waals surface area contributed by atoms with E-state index >= 15 is 0 Å². The molecular formula is C11H20N2O4. The zero-order valence-electron chi connectivity index (χ0n) is 10.4. The van der Waals surface area contributed by atoms with Crippen LogP contribution in [0.25, 0.3) is 0 Å². The third-order valence-electron chi connectivity index (χ3n) is 2.92. The molecule has 2 N–H and O–H groups in total. The van der Waals surface area contributed by atoms with Gasteiger partial charge in [0.05, 0.1) is 12.0 Å². The van der Waals surface area contributed by atoms with E-state index in [4.69, 9.17) is 9.84 Å². The standard InChI is InChI=1S/C11H20N2O4/c1-11(5-3-7-17-11)8-12-10(16)13(2)6-4-9(14)15/h3-8H2,1-2H3,(H,12,16)(H,14,15). The van der Waals surface area contributed by atoms with Gasteiger partial charge in [0.25, 0.3) is 0 Å². The van der Waals surface area contributed by atoms with Gasteiger partial charge in [-0.15, -0.1) is 0 Å². The number of nitrogens with zero attached hydrogens (tertiary/aromatic N) is 1. The quantitative estimate of drug-likeness (QED) is 0.745. The van der Waals surface area contributed by atoms with Crippen molar-refractivity contribution in [1.29, 1.82) is 0 Å². The summed E-state index contributed by atoms with van der Waals surface area (Å²) < 4.78 is 5.54. The number of carbonyl (C=O) groups is 2. The minimum absolute atomic E-state index is 0.0440. The maximum atomic E-state index is 11.6. The number of urea groups is 1. The second-order valence-corrected chi connectivity index (χ2v) is 4.63. The molecule has 1 rings (SSSR count). The molecule has 17 heavy (non-hydrogen) atoms. The lowest BCUT2D eigenvalue weighted by Crippen LogP contribution is -2.45. The van der Waals surface area contributed by atoms with Gasteiger partial charge in [0.1, 0.15) is 0 Å². The average Bonchev–Trinajstić information content (AvgIpc) is 2.70. The van der Waals surface area contributed by atoms with Crippen molar-refractivity contribution >= 4 is 12.0 Å². The summed E-state index contributed by atoms with van der Waals surface area (Å²) in [5.74, 6) is -0.907. The second kappa shape index (κ2) is 5.86. The highest BCUT2D eigenvalue weighted by molar-refractivity contribution is 5.75. The summed E-state index contributed by atoms with van der Waals surface area (Å²) in [7, 11) is 1.58. The Morgan fingerprint density at radius 3 is 2.76 bits per heavy atom. The van der Waals surface area contributed by atoms with E-state index in [0.717, 1.165) is 19.4 Å². The number of amides is 2. The molecule has 0 aromatic rings. The number of hydrogen-bond acceptors (Lipinski definition) is 3. The van der Waals surface area contributed by atoms with Gasteiger partial charge in [-0.05, 0) is 19.8 Å². The summed E-state index contributed by atoms with van der Waals surface area (Å²) >= 11 is 0. The summed E-state index contributed by atoms with van der Waals surface area (Å²) in [6.45, 7) is 3.38. The van der Waals surface area contributed by atoms with Crippen LogP contribution in [0.3, 0.4) is 0 Å². The van der Waals surface area contributed by atoms with Crippen LogP contribution in [-0.2, 0) is 9.53 Å². The van der Waals surface area contributed by atoms with Gasteiger partial charge in [-0.25, -0.2) is 4.79 Å². The molecule has 0 aliphatic carbocycles. The Labute approximate surface area is 101 Å². The van der Waals surface area contributed by atoms with Crippen molar-refractivity contribution < 1.29 is 19.4 Å². The lowest BCUT2D eigenvalue weighted by molar-refractivity contribution is -0.137. The zero-order chi connectivity index (χ0) is 12.9. The molecule has 0 aromatic carbocycles. The molecule has 0 spiro atoms. The van der Waals surface area contributed by atoms with Crippen LogP contribution in [0.1, 0.15) is 26.2 Å². The molecule has 1 aliphatic rings. The predicted molar refractivity (Wildman–Crippen MR) is 61.9 cm³/mol. The molecule has 1 saturated heterocycles. The van der Waals surface area contributed by atoms with E-state index in [-0.39, 0.29) is 24.6 Å². The van der Waals surface area contributed by atoms with E-state index in [1.54, 1.807) is 7.05 Å². The van der Waals surface area contributed by atoms with Gasteiger partial charge < -0.3 is 20.1 Å². The summed E-state index contributed by atoms with van der Waals surface area (Å²) in [5, 5.41) is 11.3. The van der Waals surface area contributed by atoms with E-state index in [1.165, 1.54) is 4.90 Å². The number of hydrogen-bond donors (Lipinski definition) is 2. The largest absolute Gasteiger partial charge is 0.481 e. The maximum absolute atomic E-state index is 11.6. The Kier molecular flexibility index (Phi) is 4.74. The number of ether oxygens (including phenoxy) is 1. The normalized spacial score (nSPS) is 23.4. The number of carboxylic acids is 1. The van der Waals surface area contributed by atoms with E-state index < -0.39 is 5.97 Å². The van der Waals surface area contributed by atoms with Crippen molar-refractivity contribution in [2.24, 2.45) is 0 Å². The van der Waals surface area contributed by atoms with Gasteiger partial charge in [0, 0.05) is 26.7 Å². The molecule has 1 heterocycles. The minimum Gasteiger partial charge on any atom is -0.481 e. The van der Waals surface area contributed by atoms with E-state index in [2.05, 4.69) is 5.32 Å². The van der Waals surface area contributed by atoms with E-state index in [9.17, 15) is 9.59 Å². The summed E-state index contributed by atoms with van der Waals surface area (Å²) in [4.78, 5) is 23.4. The minimum atomic E-state index is -0.907. The maximum Gasteiger partial charge on any atom is 0.317 e. The third-order valence-corrected chi connectivity index (χ3v) is 2.92. The molecule has 1 unspecified atom stereocenters. The van der Waals surface area contributed by atoms with E-state index in [0.29, 0.717) is 6.54 Å². The Bertz CT molecular complexity index is 287. The molecule has 6 heteroatoms. The molecule has 0 radical (unpaired) electrons. The van der Waals surface area contributed by atoms with Gasteiger partial charge in [-0.1, -0.05) is 0 Å². The van der Waals surface area contributed by atoms with Crippen molar-refractivity contribution in [2.45, 2.75) is 31.8 Å². The first-order valence-electron chi connectivity index (χ1n) is 5.78. The first-order chi connectivity index (χ1) is 7.93. The van der Waals surface area contributed by atoms with Crippen LogP contribution < -0.4 is 5.32 Å². The number of aliphatic carboxylic acids is 1. The van der Waals surface area contributed by atoms with Crippen LogP contribution in [0.5, 0.6) is 0 Å². The van der Waals surface area contributed by atoms with Crippen LogP contribution >= 0.6 is 0 Å². The van der Waals surface area contributed by atoms with Crippen LogP contribution in [0.4, 0.5) is 4.79 Å².